The summed E-state index contributed by atoms with van der Waals surface area (Å²) in [5.41, 5.74) is 5.26. The van der Waals surface area contributed by atoms with E-state index in [0.717, 1.165) is 19.4 Å². The molecule has 1 saturated carbocycles. The van der Waals surface area contributed by atoms with E-state index in [0.29, 0.717) is 13.2 Å². The standard InChI is InChI=1S/C13H24N2O2.ClH/c1-13(2,9-14)12(16)15-7-8-17-11-6-4-3-5-10(11)15;/h10-11H,3-9,14H2,1-2H3;1H. The molecule has 18 heavy (non-hydrogen) atoms. The molecule has 1 saturated heterocycles. The summed E-state index contributed by atoms with van der Waals surface area (Å²) in [6.07, 6.45) is 4.87. The molecule has 1 heterocycles. The lowest BCUT2D eigenvalue weighted by molar-refractivity contribution is -0.157. The van der Waals surface area contributed by atoms with Gasteiger partial charge in [0.15, 0.2) is 0 Å². The van der Waals surface area contributed by atoms with E-state index in [1.807, 2.05) is 18.7 Å². The number of nitrogens with two attached hydrogens (primary N) is 1. The molecule has 2 unspecified atom stereocenters. The molecule has 0 radical (unpaired) electrons. The highest BCUT2D eigenvalue weighted by Crippen LogP contribution is 2.31. The number of fused-ring (bicyclic) bond motifs is 1. The Kier molecular flexibility index (Phi) is 5.44. The molecular formula is C13H25ClN2O2. The van der Waals surface area contributed by atoms with E-state index < -0.39 is 5.41 Å². The minimum atomic E-state index is -0.445. The summed E-state index contributed by atoms with van der Waals surface area (Å²) < 4.78 is 5.78. The summed E-state index contributed by atoms with van der Waals surface area (Å²) in [5, 5.41) is 0. The van der Waals surface area contributed by atoms with E-state index in [2.05, 4.69) is 0 Å². The molecule has 2 N–H and O–H groups in total. The van der Waals surface area contributed by atoms with E-state index in [9.17, 15) is 4.79 Å². The first-order chi connectivity index (χ1) is 8.06. The van der Waals surface area contributed by atoms with Crippen LogP contribution in [0.1, 0.15) is 39.5 Å². The molecule has 1 aliphatic carbocycles. The van der Waals surface area contributed by atoms with E-state index >= 15 is 0 Å². The summed E-state index contributed by atoms with van der Waals surface area (Å²) >= 11 is 0. The highest BCUT2D eigenvalue weighted by molar-refractivity contribution is 5.85. The number of amides is 1. The number of carbonyl (C=O) groups excluding carboxylic acids is 1. The van der Waals surface area contributed by atoms with Crippen LogP contribution in [0.2, 0.25) is 0 Å². The van der Waals surface area contributed by atoms with Crippen LogP contribution in [0.3, 0.4) is 0 Å². The van der Waals surface area contributed by atoms with E-state index in [4.69, 9.17) is 10.5 Å². The molecule has 0 bridgehead atoms. The summed E-state index contributed by atoms with van der Waals surface area (Å²) in [7, 11) is 0. The van der Waals surface area contributed by atoms with Crippen LogP contribution in [0, 0.1) is 5.41 Å². The van der Waals surface area contributed by atoms with E-state index in [1.54, 1.807) is 0 Å². The molecule has 1 aliphatic heterocycles. The molecule has 2 rings (SSSR count). The Morgan fingerprint density at radius 1 is 1.39 bits per heavy atom. The first kappa shape index (κ1) is 15.7. The summed E-state index contributed by atoms with van der Waals surface area (Å²) in [6.45, 7) is 5.67. The SMILES string of the molecule is CC(C)(CN)C(=O)N1CCOC2CCCCC21.Cl. The van der Waals surface area contributed by atoms with Crippen molar-refractivity contribution in [3.05, 3.63) is 0 Å². The van der Waals surface area contributed by atoms with Crippen LogP contribution in [-0.4, -0.2) is 42.6 Å². The molecule has 0 spiro atoms. The third-order valence-corrected chi connectivity index (χ3v) is 4.08. The Labute approximate surface area is 116 Å². The maximum absolute atomic E-state index is 12.5. The molecule has 4 nitrogen and oxygen atoms in total. The Balaban J connectivity index is 0.00000162. The van der Waals surface area contributed by atoms with Crippen LogP contribution in [0.5, 0.6) is 0 Å². The predicted molar refractivity (Wildman–Crippen MR) is 73.8 cm³/mol. The Bertz CT molecular complexity index is 295. The fraction of sp³-hybridized carbons (Fsp3) is 0.923. The zero-order valence-electron chi connectivity index (χ0n) is 11.4. The summed E-state index contributed by atoms with van der Waals surface area (Å²) in [6, 6.07) is 0.288. The topological polar surface area (TPSA) is 55.6 Å². The first-order valence-corrected chi connectivity index (χ1v) is 6.69. The van der Waals surface area contributed by atoms with Crippen molar-refractivity contribution in [1.29, 1.82) is 0 Å². The van der Waals surface area contributed by atoms with Crippen molar-refractivity contribution in [3.63, 3.8) is 0 Å². The molecular weight excluding hydrogens is 252 g/mol. The predicted octanol–water partition coefficient (Wildman–Crippen LogP) is 1.56. The van der Waals surface area contributed by atoms with Crippen LogP contribution >= 0.6 is 12.4 Å². The molecule has 0 aromatic rings. The van der Waals surface area contributed by atoms with Gasteiger partial charge in [0.25, 0.3) is 0 Å². The van der Waals surface area contributed by atoms with Gasteiger partial charge in [0, 0.05) is 13.1 Å². The molecule has 1 amide bonds. The Morgan fingerprint density at radius 2 is 2.06 bits per heavy atom. The Hall–Kier alpha value is -0.320. The molecule has 2 aliphatic rings. The maximum atomic E-state index is 12.5. The van der Waals surface area contributed by atoms with Gasteiger partial charge in [0.05, 0.1) is 24.2 Å². The molecule has 5 heteroatoms. The number of ether oxygens (including phenoxy) is 1. The molecule has 0 aromatic carbocycles. The second-order valence-corrected chi connectivity index (χ2v) is 5.85. The van der Waals surface area contributed by atoms with Gasteiger partial charge >= 0.3 is 0 Å². The average molecular weight is 277 g/mol. The van der Waals surface area contributed by atoms with Gasteiger partial charge in [-0.05, 0) is 26.7 Å². The summed E-state index contributed by atoms with van der Waals surface area (Å²) in [4.78, 5) is 14.5. The summed E-state index contributed by atoms with van der Waals surface area (Å²) in [5.74, 6) is 0.195. The van der Waals surface area contributed by atoms with Gasteiger partial charge in [-0.2, -0.15) is 0 Å². The van der Waals surface area contributed by atoms with Gasteiger partial charge < -0.3 is 15.4 Å². The van der Waals surface area contributed by atoms with Gasteiger partial charge in [-0.3, -0.25) is 4.79 Å². The van der Waals surface area contributed by atoms with Gasteiger partial charge in [-0.15, -0.1) is 12.4 Å². The number of nitrogens with zero attached hydrogens (tertiary/aromatic N) is 1. The fourth-order valence-corrected chi connectivity index (χ4v) is 2.82. The van der Waals surface area contributed by atoms with Crippen LogP contribution in [0.15, 0.2) is 0 Å². The maximum Gasteiger partial charge on any atom is 0.229 e. The number of halogens is 1. The zero-order valence-corrected chi connectivity index (χ0v) is 12.2. The third-order valence-electron chi connectivity index (χ3n) is 4.08. The van der Waals surface area contributed by atoms with Gasteiger partial charge in [-0.1, -0.05) is 12.8 Å². The van der Waals surface area contributed by atoms with Crippen LogP contribution < -0.4 is 5.73 Å². The van der Waals surface area contributed by atoms with Crippen molar-refractivity contribution in [2.24, 2.45) is 11.1 Å². The molecule has 2 atom stereocenters. The highest BCUT2D eigenvalue weighted by Gasteiger charge is 2.40. The van der Waals surface area contributed by atoms with Crippen molar-refractivity contribution in [1.82, 2.24) is 4.90 Å². The molecule has 2 fully saturated rings. The van der Waals surface area contributed by atoms with Crippen molar-refractivity contribution in [2.75, 3.05) is 19.7 Å². The smallest absolute Gasteiger partial charge is 0.229 e. The lowest BCUT2D eigenvalue weighted by Crippen LogP contribution is -2.58. The lowest BCUT2D eigenvalue weighted by Gasteiger charge is -2.46. The average Bonchev–Trinajstić information content (AvgIpc) is 2.37. The van der Waals surface area contributed by atoms with Crippen molar-refractivity contribution in [3.8, 4) is 0 Å². The third kappa shape index (κ3) is 2.98. The fourth-order valence-electron chi connectivity index (χ4n) is 2.82. The van der Waals surface area contributed by atoms with Crippen molar-refractivity contribution < 1.29 is 9.53 Å². The Morgan fingerprint density at radius 3 is 2.72 bits per heavy atom. The van der Waals surface area contributed by atoms with Crippen LogP contribution in [0.4, 0.5) is 0 Å². The highest BCUT2D eigenvalue weighted by atomic mass is 35.5. The van der Waals surface area contributed by atoms with Gasteiger partial charge in [0.1, 0.15) is 0 Å². The monoisotopic (exact) mass is 276 g/mol. The van der Waals surface area contributed by atoms with Gasteiger partial charge in [0.2, 0.25) is 5.91 Å². The lowest BCUT2D eigenvalue weighted by atomic mass is 9.86. The van der Waals surface area contributed by atoms with Crippen LogP contribution in [0.25, 0.3) is 0 Å². The van der Waals surface area contributed by atoms with E-state index in [1.165, 1.54) is 12.8 Å². The zero-order chi connectivity index (χ0) is 12.5. The van der Waals surface area contributed by atoms with E-state index in [-0.39, 0.29) is 30.5 Å². The number of carbonyl (C=O) groups is 1. The number of hydrogen-bond acceptors (Lipinski definition) is 3. The van der Waals surface area contributed by atoms with Gasteiger partial charge in [-0.25, -0.2) is 0 Å². The number of morpholine rings is 1. The van der Waals surface area contributed by atoms with Crippen molar-refractivity contribution >= 4 is 18.3 Å². The number of rotatable bonds is 2. The van der Waals surface area contributed by atoms with Crippen LogP contribution in [-0.2, 0) is 9.53 Å². The number of hydrogen-bond donors (Lipinski definition) is 1. The largest absolute Gasteiger partial charge is 0.374 e. The normalized spacial score (nSPS) is 28.3. The van der Waals surface area contributed by atoms with Crippen molar-refractivity contribution in [2.45, 2.75) is 51.7 Å². The molecule has 106 valence electrons. The quantitative estimate of drug-likeness (QED) is 0.833. The second kappa shape index (κ2) is 6.22. The molecule has 0 aromatic heterocycles. The minimum Gasteiger partial charge on any atom is -0.374 e. The first-order valence-electron chi connectivity index (χ1n) is 6.69. The minimum absolute atomic E-state index is 0. The second-order valence-electron chi connectivity index (χ2n) is 5.85.